The van der Waals surface area contributed by atoms with Crippen molar-refractivity contribution in [3.63, 3.8) is 0 Å². The van der Waals surface area contributed by atoms with Crippen molar-refractivity contribution in [3.05, 3.63) is 0 Å². The Hall–Kier alpha value is -0.120. The summed E-state index contributed by atoms with van der Waals surface area (Å²) in [6, 6.07) is 0. The van der Waals surface area contributed by atoms with E-state index in [0.717, 1.165) is 12.5 Å². The molecule has 3 heteroatoms. The summed E-state index contributed by atoms with van der Waals surface area (Å²) in [4.78, 5) is 2.59. The number of hydrogen-bond acceptors (Lipinski definition) is 3. The van der Waals surface area contributed by atoms with Crippen molar-refractivity contribution < 1.29 is 4.74 Å². The monoisotopic (exact) mass is 226 g/mol. The maximum atomic E-state index is 5.63. The van der Waals surface area contributed by atoms with E-state index in [-0.39, 0.29) is 5.60 Å². The molecular formula is C13H26N2O. The Morgan fingerprint density at radius 3 is 3.06 bits per heavy atom. The number of ether oxygens (including phenoxy) is 1. The third-order valence-corrected chi connectivity index (χ3v) is 4.25. The zero-order valence-corrected chi connectivity index (χ0v) is 10.8. The summed E-state index contributed by atoms with van der Waals surface area (Å²) in [5.41, 5.74) is 0.103. The van der Waals surface area contributed by atoms with E-state index < -0.39 is 0 Å². The molecule has 0 amide bonds. The number of methoxy groups -OCH3 is 1. The summed E-state index contributed by atoms with van der Waals surface area (Å²) in [5.74, 6) is 0.913. The van der Waals surface area contributed by atoms with Crippen molar-refractivity contribution >= 4 is 0 Å². The van der Waals surface area contributed by atoms with E-state index in [1.165, 1.54) is 51.9 Å². The molecule has 0 aromatic rings. The highest BCUT2D eigenvalue weighted by Gasteiger charge is 2.30. The molecule has 94 valence electrons. The smallest absolute Gasteiger partial charge is 0.0777 e. The van der Waals surface area contributed by atoms with Gasteiger partial charge in [0, 0.05) is 13.7 Å². The fourth-order valence-electron chi connectivity index (χ4n) is 2.99. The molecule has 0 saturated carbocycles. The number of rotatable bonds is 4. The van der Waals surface area contributed by atoms with E-state index in [4.69, 9.17) is 4.74 Å². The lowest BCUT2D eigenvalue weighted by Crippen LogP contribution is -2.47. The summed E-state index contributed by atoms with van der Waals surface area (Å²) in [6.07, 6.45) is 5.22. The molecule has 0 aliphatic carbocycles. The predicted molar refractivity (Wildman–Crippen MR) is 66.7 cm³/mol. The van der Waals surface area contributed by atoms with Gasteiger partial charge in [0.05, 0.1) is 5.60 Å². The van der Waals surface area contributed by atoms with Crippen LogP contribution in [0.3, 0.4) is 0 Å². The molecule has 1 N–H and O–H groups in total. The van der Waals surface area contributed by atoms with Crippen LogP contribution in [0.1, 0.15) is 32.6 Å². The summed E-state index contributed by atoms with van der Waals surface area (Å²) in [7, 11) is 1.85. The van der Waals surface area contributed by atoms with E-state index >= 15 is 0 Å². The van der Waals surface area contributed by atoms with Crippen LogP contribution in [0, 0.1) is 5.92 Å². The molecule has 0 aromatic carbocycles. The van der Waals surface area contributed by atoms with Crippen LogP contribution >= 0.6 is 0 Å². The third kappa shape index (κ3) is 3.19. The maximum Gasteiger partial charge on any atom is 0.0777 e. The van der Waals surface area contributed by atoms with Gasteiger partial charge in [-0.25, -0.2) is 0 Å². The number of hydrogen-bond donors (Lipinski definition) is 1. The molecule has 2 heterocycles. The van der Waals surface area contributed by atoms with Crippen molar-refractivity contribution in [3.8, 4) is 0 Å². The van der Waals surface area contributed by atoms with Crippen LogP contribution in [0.5, 0.6) is 0 Å². The molecule has 2 aliphatic heterocycles. The average Bonchev–Trinajstić information content (AvgIpc) is 2.80. The highest BCUT2D eigenvalue weighted by Crippen LogP contribution is 2.24. The molecular weight excluding hydrogens is 200 g/mol. The Kier molecular flexibility index (Phi) is 4.22. The molecule has 2 rings (SSSR count). The van der Waals surface area contributed by atoms with Crippen molar-refractivity contribution in [2.75, 3.05) is 39.8 Å². The van der Waals surface area contributed by atoms with Gasteiger partial charge in [0.1, 0.15) is 0 Å². The van der Waals surface area contributed by atoms with Gasteiger partial charge in [-0.2, -0.15) is 0 Å². The van der Waals surface area contributed by atoms with E-state index in [9.17, 15) is 0 Å². The molecule has 2 aliphatic rings. The van der Waals surface area contributed by atoms with Crippen molar-refractivity contribution in [1.29, 1.82) is 0 Å². The van der Waals surface area contributed by atoms with Crippen LogP contribution in [-0.4, -0.2) is 50.3 Å². The van der Waals surface area contributed by atoms with Crippen molar-refractivity contribution in [2.45, 2.75) is 38.2 Å². The summed E-state index contributed by atoms with van der Waals surface area (Å²) in [5, 5.41) is 3.44. The summed E-state index contributed by atoms with van der Waals surface area (Å²) < 4.78 is 5.63. The van der Waals surface area contributed by atoms with Gasteiger partial charge in [-0.05, 0) is 64.7 Å². The lowest BCUT2D eigenvalue weighted by atomic mass is 9.94. The molecule has 2 saturated heterocycles. The lowest BCUT2D eigenvalue weighted by molar-refractivity contribution is -0.0513. The second-order valence-electron chi connectivity index (χ2n) is 5.68. The van der Waals surface area contributed by atoms with E-state index in [2.05, 4.69) is 17.1 Å². The first-order valence-electron chi connectivity index (χ1n) is 6.70. The highest BCUT2D eigenvalue weighted by molar-refractivity contribution is 4.85. The second kappa shape index (κ2) is 5.48. The number of nitrogens with zero attached hydrogens (tertiary/aromatic N) is 1. The van der Waals surface area contributed by atoms with Gasteiger partial charge in [-0.1, -0.05) is 0 Å². The zero-order chi connectivity index (χ0) is 11.4. The minimum Gasteiger partial charge on any atom is -0.377 e. The van der Waals surface area contributed by atoms with Crippen LogP contribution in [-0.2, 0) is 4.74 Å². The standard InChI is InChI=1S/C13H26N2O/c1-13(16-2)6-3-8-15(11-13)9-5-12-4-7-14-10-12/h12,14H,3-11H2,1-2H3. The quantitative estimate of drug-likeness (QED) is 0.786. The Morgan fingerprint density at radius 2 is 2.38 bits per heavy atom. The van der Waals surface area contributed by atoms with Gasteiger partial charge in [0.25, 0.3) is 0 Å². The van der Waals surface area contributed by atoms with Crippen LogP contribution in [0.25, 0.3) is 0 Å². The largest absolute Gasteiger partial charge is 0.377 e. The summed E-state index contributed by atoms with van der Waals surface area (Å²) >= 11 is 0. The molecule has 0 radical (unpaired) electrons. The minimum absolute atomic E-state index is 0.103. The molecule has 0 spiro atoms. The molecule has 0 aromatic heterocycles. The first-order valence-corrected chi connectivity index (χ1v) is 6.70. The SMILES string of the molecule is COC1(C)CCCN(CCC2CCNC2)C1. The third-order valence-electron chi connectivity index (χ3n) is 4.25. The lowest BCUT2D eigenvalue weighted by Gasteiger charge is -2.39. The maximum absolute atomic E-state index is 5.63. The van der Waals surface area contributed by atoms with Crippen LogP contribution < -0.4 is 5.32 Å². The summed E-state index contributed by atoms with van der Waals surface area (Å²) in [6.45, 7) is 8.33. The zero-order valence-electron chi connectivity index (χ0n) is 10.8. The fourth-order valence-corrected chi connectivity index (χ4v) is 2.99. The molecule has 3 nitrogen and oxygen atoms in total. The van der Waals surface area contributed by atoms with Crippen LogP contribution in [0.2, 0.25) is 0 Å². The molecule has 16 heavy (non-hydrogen) atoms. The first kappa shape index (κ1) is 12.3. The van der Waals surface area contributed by atoms with E-state index in [1.54, 1.807) is 0 Å². The van der Waals surface area contributed by atoms with Gasteiger partial charge in [0.15, 0.2) is 0 Å². The molecule has 0 bridgehead atoms. The Morgan fingerprint density at radius 1 is 1.50 bits per heavy atom. The fraction of sp³-hybridized carbons (Fsp3) is 1.00. The normalized spacial score (nSPS) is 36.8. The van der Waals surface area contributed by atoms with Crippen LogP contribution in [0.15, 0.2) is 0 Å². The Balaban J connectivity index is 1.72. The second-order valence-corrected chi connectivity index (χ2v) is 5.68. The minimum atomic E-state index is 0.103. The first-order chi connectivity index (χ1) is 7.72. The van der Waals surface area contributed by atoms with E-state index in [0.29, 0.717) is 0 Å². The molecule has 2 unspecified atom stereocenters. The van der Waals surface area contributed by atoms with Crippen LogP contribution in [0.4, 0.5) is 0 Å². The molecule has 2 fully saturated rings. The van der Waals surface area contributed by atoms with Gasteiger partial charge >= 0.3 is 0 Å². The topological polar surface area (TPSA) is 24.5 Å². The Bertz CT molecular complexity index is 216. The number of piperidine rings is 1. The Labute approximate surface area is 99.5 Å². The average molecular weight is 226 g/mol. The predicted octanol–water partition coefficient (Wildman–Crippen LogP) is 1.49. The van der Waals surface area contributed by atoms with Gasteiger partial charge in [-0.3, -0.25) is 0 Å². The van der Waals surface area contributed by atoms with Crippen molar-refractivity contribution in [1.82, 2.24) is 10.2 Å². The van der Waals surface area contributed by atoms with E-state index in [1.807, 2.05) is 7.11 Å². The molecule has 2 atom stereocenters. The van der Waals surface area contributed by atoms with Gasteiger partial charge < -0.3 is 15.0 Å². The van der Waals surface area contributed by atoms with Gasteiger partial charge in [0.2, 0.25) is 0 Å². The number of likely N-dealkylation sites (tertiary alicyclic amines) is 1. The highest BCUT2D eigenvalue weighted by atomic mass is 16.5. The van der Waals surface area contributed by atoms with Crippen molar-refractivity contribution in [2.24, 2.45) is 5.92 Å². The van der Waals surface area contributed by atoms with Gasteiger partial charge in [-0.15, -0.1) is 0 Å². The number of nitrogens with one attached hydrogen (secondary N) is 1.